The van der Waals surface area contributed by atoms with E-state index in [-0.39, 0.29) is 6.09 Å². The fraction of sp³-hybridized carbons (Fsp3) is 0.652. The number of nitrogens with zero attached hydrogens (tertiary/aromatic N) is 3. The molecule has 1 aliphatic rings. The highest BCUT2D eigenvalue weighted by Crippen LogP contribution is 2.27. The van der Waals surface area contributed by atoms with Crippen LogP contribution in [0.5, 0.6) is 11.5 Å². The number of ether oxygens (including phenoxy) is 3. The minimum absolute atomic E-state index is 0.227. The quantitative estimate of drug-likeness (QED) is 0.463. The Kier molecular flexibility index (Phi) is 9.90. The van der Waals surface area contributed by atoms with Gasteiger partial charge in [0.2, 0.25) is 0 Å². The highest BCUT2D eigenvalue weighted by Gasteiger charge is 2.25. The third-order valence-corrected chi connectivity index (χ3v) is 5.12. The van der Waals surface area contributed by atoms with Crippen molar-refractivity contribution in [2.45, 2.75) is 32.8 Å². The largest absolute Gasteiger partial charge is 0.493 e. The van der Waals surface area contributed by atoms with Crippen LogP contribution in [0.2, 0.25) is 0 Å². The van der Waals surface area contributed by atoms with Crippen LogP contribution in [0.4, 0.5) is 4.79 Å². The van der Waals surface area contributed by atoms with Crippen molar-refractivity contribution in [1.29, 1.82) is 0 Å². The average molecular weight is 450 g/mol. The summed E-state index contributed by atoms with van der Waals surface area (Å²) in [6.07, 6.45) is 0.614. The van der Waals surface area contributed by atoms with E-state index in [1.807, 2.05) is 39.0 Å². The van der Waals surface area contributed by atoms with E-state index in [1.54, 1.807) is 26.2 Å². The minimum atomic E-state index is -0.458. The van der Waals surface area contributed by atoms with E-state index in [0.29, 0.717) is 13.1 Å². The van der Waals surface area contributed by atoms with Crippen LogP contribution in [-0.2, 0) is 11.2 Å². The summed E-state index contributed by atoms with van der Waals surface area (Å²) >= 11 is 0. The van der Waals surface area contributed by atoms with Crippen LogP contribution in [0.3, 0.4) is 0 Å². The standard InChI is InChI=1S/C23H39N5O4/c1-23(2,3)32-22(29)28-15-13-27(14-16-28)12-11-26-21(24-4)25-10-9-18-7-8-19(30-5)20(17-18)31-6/h7-8,17H,9-16H2,1-6H3,(H2,24,25,26). The van der Waals surface area contributed by atoms with Crippen molar-refractivity contribution >= 4 is 12.1 Å². The fourth-order valence-electron chi connectivity index (χ4n) is 3.39. The zero-order valence-electron chi connectivity index (χ0n) is 20.4. The number of carbonyl (C=O) groups excluding carboxylic acids is 1. The molecule has 1 saturated heterocycles. The molecule has 9 heteroatoms. The lowest BCUT2D eigenvalue weighted by molar-refractivity contribution is 0.0147. The Bertz CT molecular complexity index is 755. The molecule has 2 N–H and O–H groups in total. The van der Waals surface area contributed by atoms with E-state index >= 15 is 0 Å². The Morgan fingerprint density at radius 2 is 1.69 bits per heavy atom. The minimum Gasteiger partial charge on any atom is -0.493 e. The molecule has 9 nitrogen and oxygen atoms in total. The van der Waals surface area contributed by atoms with Gasteiger partial charge in [-0.25, -0.2) is 4.79 Å². The molecule has 0 aliphatic carbocycles. The number of aliphatic imine (C=N–C) groups is 1. The number of carbonyl (C=O) groups is 1. The van der Waals surface area contributed by atoms with E-state index in [9.17, 15) is 4.79 Å². The zero-order chi connectivity index (χ0) is 23.6. The number of rotatable bonds is 8. The second-order valence-corrected chi connectivity index (χ2v) is 8.67. The molecule has 0 aromatic heterocycles. The van der Waals surface area contributed by atoms with Gasteiger partial charge in [-0.3, -0.25) is 9.89 Å². The van der Waals surface area contributed by atoms with Crippen molar-refractivity contribution in [1.82, 2.24) is 20.4 Å². The molecule has 1 fully saturated rings. The summed E-state index contributed by atoms with van der Waals surface area (Å²) in [5, 5.41) is 6.70. The predicted molar refractivity (Wildman–Crippen MR) is 127 cm³/mol. The lowest BCUT2D eigenvalue weighted by Gasteiger charge is -2.35. The summed E-state index contributed by atoms with van der Waals surface area (Å²) in [7, 11) is 5.05. The van der Waals surface area contributed by atoms with Gasteiger partial charge in [-0.2, -0.15) is 0 Å². The van der Waals surface area contributed by atoms with Crippen LogP contribution in [0.25, 0.3) is 0 Å². The molecule has 1 amide bonds. The molecule has 0 atom stereocenters. The van der Waals surface area contributed by atoms with Gasteiger partial charge in [-0.15, -0.1) is 0 Å². The van der Waals surface area contributed by atoms with Crippen LogP contribution in [-0.4, -0.2) is 94.5 Å². The Labute approximate surface area is 192 Å². The van der Waals surface area contributed by atoms with E-state index in [2.05, 4.69) is 20.5 Å². The van der Waals surface area contributed by atoms with Crippen LogP contribution in [0.1, 0.15) is 26.3 Å². The smallest absolute Gasteiger partial charge is 0.410 e. The van der Waals surface area contributed by atoms with Gasteiger partial charge in [-0.05, 0) is 44.9 Å². The Morgan fingerprint density at radius 3 is 2.28 bits per heavy atom. The molecule has 0 radical (unpaired) electrons. The summed E-state index contributed by atoms with van der Waals surface area (Å²) in [5.74, 6) is 2.24. The number of methoxy groups -OCH3 is 2. The van der Waals surface area contributed by atoms with Crippen LogP contribution in [0, 0.1) is 0 Å². The van der Waals surface area contributed by atoms with Gasteiger partial charge in [0, 0.05) is 52.9 Å². The maximum Gasteiger partial charge on any atom is 0.410 e. The molecule has 1 aromatic rings. The summed E-state index contributed by atoms with van der Waals surface area (Å²) in [4.78, 5) is 20.6. The van der Waals surface area contributed by atoms with Crippen LogP contribution < -0.4 is 20.1 Å². The number of hydrogen-bond acceptors (Lipinski definition) is 6. The first-order valence-electron chi connectivity index (χ1n) is 11.1. The second kappa shape index (κ2) is 12.4. The van der Waals surface area contributed by atoms with Gasteiger partial charge in [0.1, 0.15) is 5.60 Å². The first kappa shape index (κ1) is 25.6. The summed E-state index contributed by atoms with van der Waals surface area (Å²) in [6, 6.07) is 5.95. The molecule has 1 heterocycles. The Morgan fingerprint density at radius 1 is 1.03 bits per heavy atom. The summed E-state index contributed by atoms with van der Waals surface area (Å²) in [6.45, 7) is 11.1. The lowest BCUT2D eigenvalue weighted by Crippen LogP contribution is -2.51. The normalized spacial score (nSPS) is 15.3. The summed E-state index contributed by atoms with van der Waals surface area (Å²) < 4.78 is 16.1. The summed E-state index contributed by atoms with van der Waals surface area (Å²) in [5.41, 5.74) is 0.703. The molecule has 0 spiro atoms. The van der Waals surface area contributed by atoms with Crippen molar-refractivity contribution in [3.63, 3.8) is 0 Å². The number of piperazine rings is 1. The molecular weight excluding hydrogens is 410 g/mol. The molecule has 0 bridgehead atoms. The van der Waals surface area contributed by atoms with Gasteiger partial charge in [0.15, 0.2) is 17.5 Å². The van der Waals surface area contributed by atoms with Crippen molar-refractivity contribution < 1.29 is 19.0 Å². The highest BCUT2D eigenvalue weighted by molar-refractivity contribution is 5.79. The van der Waals surface area contributed by atoms with E-state index in [4.69, 9.17) is 14.2 Å². The van der Waals surface area contributed by atoms with E-state index in [0.717, 1.165) is 62.2 Å². The first-order chi connectivity index (χ1) is 15.3. The molecule has 180 valence electrons. The van der Waals surface area contributed by atoms with Crippen LogP contribution in [0.15, 0.2) is 23.2 Å². The Hall–Kier alpha value is -2.68. The maximum atomic E-state index is 12.2. The SMILES string of the molecule is CN=C(NCCc1ccc(OC)c(OC)c1)NCCN1CCN(C(=O)OC(C)(C)C)CC1. The number of nitrogens with one attached hydrogen (secondary N) is 2. The third kappa shape index (κ3) is 8.45. The van der Waals surface area contributed by atoms with Gasteiger partial charge in [0.25, 0.3) is 0 Å². The zero-order valence-corrected chi connectivity index (χ0v) is 20.4. The lowest BCUT2D eigenvalue weighted by atomic mass is 10.1. The van der Waals surface area contributed by atoms with E-state index in [1.165, 1.54) is 0 Å². The topological polar surface area (TPSA) is 87.7 Å². The molecule has 2 rings (SSSR count). The number of amides is 1. The maximum absolute atomic E-state index is 12.2. The first-order valence-corrected chi connectivity index (χ1v) is 11.1. The molecule has 1 aliphatic heterocycles. The van der Waals surface area contributed by atoms with Gasteiger partial charge < -0.3 is 29.7 Å². The number of hydrogen-bond donors (Lipinski definition) is 2. The fourth-order valence-corrected chi connectivity index (χ4v) is 3.39. The van der Waals surface area contributed by atoms with Gasteiger partial charge in [-0.1, -0.05) is 6.07 Å². The molecule has 32 heavy (non-hydrogen) atoms. The monoisotopic (exact) mass is 449 g/mol. The van der Waals surface area contributed by atoms with Crippen molar-refractivity contribution in [3.8, 4) is 11.5 Å². The molecule has 1 aromatic carbocycles. The van der Waals surface area contributed by atoms with Crippen molar-refractivity contribution in [2.75, 3.05) is 67.1 Å². The highest BCUT2D eigenvalue weighted by atomic mass is 16.6. The average Bonchev–Trinajstić information content (AvgIpc) is 2.77. The van der Waals surface area contributed by atoms with Crippen molar-refractivity contribution in [3.05, 3.63) is 23.8 Å². The molecule has 0 saturated carbocycles. The second-order valence-electron chi connectivity index (χ2n) is 8.67. The number of benzene rings is 1. The van der Waals surface area contributed by atoms with Gasteiger partial charge in [0.05, 0.1) is 14.2 Å². The van der Waals surface area contributed by atoms with E-state index < -0.39 is 5.60 Å². The predicted octanol–water partition coefficient (Wildman–Crippen LogP) is 1.96. The molecular formula is C23H39N5O4. The van der Waals surface area contributed by atoms with Crippen LogP contribution >= 0.6 is 0 Å². The van der Waals surface area contributed by atoms with Gasteiger partial charge >= 0.3 is 6.09 Å². The van der Waals surface area contributed by atoms with Crippen molar-refractivity contribution in [2.24, 2.45) is 4.99 Å². The molecule has 0 unspecified atom stereocenters. The third-order valence-electron chi connectivity index (χ3n) is 5.12. The Balaban J connectivity index is 1.66. The number of guanidine groups is 1.